The summed E-state index contributed by atoms with van der Waals surface area (Å²) < 4.78 is 0. The number of rotatable bonds is 12. The molecular weight excluding hydrogens is 342 g/mol. The number of nitrogens with zero attached hydrogens (tertiary/aromatic N) is 1. The Hall–Kier alpha value is -1.17. The molecule has 5 nitrogen and oxygen atoms in total. The number of carbonyl (C=O) groups is 1. The summed E-state index contributed by atoms with van der Waals surface area (Å²) >= 11 is 0. The van der Waals surface area contributed by atoms with Crippen LogP contribution in [0.15, 0.2) is 24.3 Å². The summed E-state index contributed by atoms with van der Waals surface area (Å²) in [7, 11) is 3.53. The molecule has 156 valence electrons. The van der Waals surface area contributed by atoms with E-state index in [1.165, 1.54) is 0 Å². The maximum Gasteiger partial charge on any atom is 0.222 e. The number of hydrogen-bond acceptors (Lipinski definition) is 4. The highest BCUT2D eigenvalue weighted by Gasteiger charge is 2.39. The van der Waals surface area contributed by atoms with Gasteiger partial charge in [0, 0.05) is 32.9 Å². The predicted octanol–water partition coefficient (Wildman–Crippen LogP) is 3.05. The van der Waals surface area contributed by atoms with Crippen molar-refractivity contribution in [1.29, 1.82) is 0 Å². The molecule has 0 spiro atoms. The standard InChI is InChI=1S/C22H39NO4/c1-4-5-8-11-17(24)14-15-19-18(20(25)16-21(19)26)12-9-6-7-10-13-22(27)23(2)3/h6,9,14-15,17-21,24-26H,4-5,7-8,10-13,16H2,1-3H3. The number of unbranched alkanes of at least 4 members (excludes halogenated alkanes) is 3. The minimum atomic E-state index is -0.560. The van der Waals surface area contributed by atoms with E-state index in [9.17, 15) is 20.1 Å². The third-order valence-electron chi connectivity index (χ3n) is 5.41. The van der Waals surface area contributed by atoms with Crippen LogP contribution in [0.1, 0.15) is 64.7 Å². The molecule has 1 saturated carbocycles. The van der Waals surface area contributed by atoms with Crippen LogP contribution in [0.3, 0.4) is 0 Å². The van der Waals surface area contributed by atoms with Crippen molar-refractivity contribution >= 4 is 5.91 Å². The van der Waals surface area contributed by atoms with Crippen molar-refractivity contribution in [3.63, 3.8) is 0 Å². The van der Waals surface area contributed by atoms with Crippen LogP contribution >= 0.6 is 0 Å². The number of hydrogen-bond donors (Lipinski definition) is 3. The molecule has 1 aliphatic rings. The van der Waals surface area contributed by atoms with Gasteiger partial charge in [0.25, 0.3) is 0 Å². The van der Waals surface area contributed by atoms with Gasteiger partial charge in [0.2, 0.25) is 5.91 Å². The lowest BCUT2D eigenvalue weighted by Crippen LogP contribution is -2.21. The molecule has 0 heterocycles. The van der Waals surface area contributed by atoms with Gasteiger partial charge in [-0.25, -0.2) is 0 Å². The molecule has 3 N–H and O–H groups in total. The van der Waals surface area contributed by atoms with E-state index >= 15 is 0 Å². The summed E-state index contributed by atoms with van der Waals surface area (Å²) in [4.78, 5) is 13.1. The summed E-state index contributed by atoms with van der Waals surface area (Å²) in [6.45, 7) is 2.14. The maximum absolute atomic E-state index is 11.5. The average Bonchev–Trinajstić information content (AvgIpc) is 2.88. The van der Waals surface area contributed by atoms with E-state index in [0.29, 0.717) is 19.3 Å². The number of amides is 1. The zero-order valence-electron chi connectivity index (χ0n) is 17.3. The second-order valence-electron chi connectivity index (χ2n) is 7.95. The van der Waals surface area contributed by atoms with Gasteiger partial charge < -0.3 is 20.2 Å². The van der Waals surface area contributed by atoms with E-state index in [4.69, 9.17) is 0 Å². The monoisotopic (exact) mass is 381 g/mol. The zero-order valence-corrected chi connectivity index (χ0v) is 17.3. The largest absolute Gasteiger partial charge is 0.393 e. The molecule has 1 rings (SSSR count). The molecule has 0 radical (unpaired) electrons. The second kappa shape index (κ2) is 13.1. The van der Waals surface area contributed by atoms with Crippen molar-refractivity contribution in [3.8, 4) is 0 Å². The Bertz CT molecular complexity index is 475. The molecular formula is C22H39NO4. The highest BCUT2D eigenvalue weighted by Crippen LogP contribution is 2.36. The lowest BCUT2D eigenvalue weighted by Gasteiger charge is -2.19. The first-order valence-corrected chi connectivity index (χ1v) is 10.4. The smallest absolute Gasteiger partial charge is 0.222 e. The van der Waals surface area contributed by atoms with E-state index in [-0.39, 0.29) is 17.7 Å². The highest BCUT2D eigenvalue weighted by molar-refractivity contribution is 5.75. The van der Waals surface area contributed by atoms with Crippen molar-refractivity contribution < 1.29 is 20.1 Å². The Labute approximate surface area is 164 Å². The van der Waals surface area contributed by atoms with Gasteiger partial charge in [-0.1, -0.05) is 50.5 Å². The van der Waals surface area contributed by atoms with Crippen LogP contribution < -0.4 is 0 Å². The molecule has 1 fully saturated rings. The predicted molar refractivity (Wildman–Crippen MR) is 109 cm³/mol. The van der Waals surface area contributed by atoms with Crippen LogP contribution in [-0.4, -0.2) is 58.5 Å². The first kappa shape index (κ1) is 23.9. The van der Waals surface area contributed by atoms with Crippen molar-refractivity contribution in [1.82, 2.24) is 4.90 Å². The van der Waals surface area contributed by atoms with E-state index in [1.807, 2.05) is 12.2 Å². The zero-order chi connectivity index (χ0) is 20.2. The first-order valence-electron chi connectivity index (χ1n) is 10.4. The van der Waals surface area contributed by atoms with E-state index in [2.05, 4.69) is 13.0 Å². The van der Waals surface area contributed by atoms with Gasteiger partial charge in [-0.3, -0.25) is 4.79 Å². The molecule has 0 aromatic carbocycles. The number of aliphatic hydroxyl groups is 3. The summed E-state index contributed by atoms with van der Waals surface area (Å²) in [5, 5.41) is 30.6. The van der Waals surface area contributed by atoms with Gasteiger partial charge in [-0.2, -0.15) is 0 Å². The molecule has 5 heteroatoms. The number of aliphatic hydroxyl groups excluding tert-OH is 3. The molecule has 0 aromatic rings. The minimum absolute atomic E-state index is 0.0289. The molecule has 0 saturated heterocycles. The number of allylic oxidation sites excluding steroid dienone is 2. The van der Waals surface area contributed by atoms with Crippen molar-refractivity contribution in [3.05, 3.63) is 24.3 Å². The third-order valence-corrected chi connectivity index (χ3v) is 5.41. The summed E-state index contributed by atoms with van der Waals surface area (Å²) in [5.41, 5.74) is 0. The quantitative estimate of drug-likeness (QED) is 0.358. The van der Waals surface area contributed by atoms with Crippen LogP contribution in [0.2, 0.25) is 0 Å². The van der Waals surface area contributed by atoms with Crippen molar-refractivity contribution in [2.75, 3.05) is 14.1 Å². The fourth-order valence-corrected chi connectivity index (χ4v) is 3.63. The first-order chi connectivity index (χ1) is 12.9. The average molecular weight is 382 g/mol. The van der Waals surface area contributed by atoms with Gasteiger partial charge in [0.15, 0.2) is 0 Å². The molecule has 5 atom stereocenters. The molecule has 0 aromatic heterocycles. The van der Waals surface area contributed by atoms with Crippen LogP contribution in [-0.2, 0) is 4.79 Å². The third kappa shape index (κ3) is 9.04. The summed E-state index contributed by atoms with van der Waals surface area (Å²) in [5.74, 6) is -0.0139. The Morgan fingerprint density at radius 1 is 1.15 bits per heavy atom. The number of carbonyl (C=O) groups excluding carboxylic acids is 1. The van der Waals surface area contributed by atoms with Crippen LogP contribution in [0.4, 0.5) is 0 Å². The summed E-state index contributed by atoms with van der Waals surface area (Å²) in [6.07, 6.45) is 13.5. The Kier molecular flexibility index (Phi) is 11.6. The Morgan fingerprint density at radius 3 is 2.56 bits per heavy atom. The molecule has 0 bridgehead atoms. The fourth-order valence-electron chi connectivity index (χ4n) is 3.63. The Morgan fingerprint density at radius 2 is 1.89 bits per heavy atom. The van der Waals surface area contributed by atoms with Gasteiger partial charge >= 0.3 is 0 Å². The fraction of sp³-hybridized carbons (Fsp3) is 0.773. The normalized spacial score (nSPS) is 26.9. The molecule has 5 unspecified atom stereocenters. The molecule has 27 heavy (non-hydrogen) atoms. The lowest BCUT2D eigenvalue weighted by molar-refractivity contribution is -0.128. The van der Waals surface area contributed by atoms with E-state index in [1.54, 1.807) is 25.1 Å². The van der Waals surface area contributed by atoms with Crippen LogP contribution in [0, 0.1) is 11.8 Å². The highest BCUT2D eigenvalue weighted by atomic mass is 16.3. The van der Waals surface area contributed by atoms with E-state index < -0.39 is 18.3 Å². The minimum Gasteiger partial charge on any atom is -0.393 e. The van der Waals surface area contributed by atoms with E-state index in [0.717, 1.165) is 38.5 Å². The Balaban J connectivity index is 2.44. The van der Waals surface area contributed by atoms with Gasteiger partial charge in [-0.05, 0) is 31.6 Å². The van der Waals surface area contributed by atoms with Crippen LogP contribution in [0.25, 0.3) is 0 Å². The van der Waals surface area contributed by atoms with Gasteiger partial charge in [0.1, 0.15) is 0 Å². The lowest BCUT2D eigenvalue weighted by atomic mass is 9.89. The maximum atomic E-state index is 11.5. The van der Waals surface area contributed by atoms with Gasteiger partial charge in [-0.15, -0.1) is 0 Å². The van der Waals surface area contributed by atoms with Crippen molar-refractivity contribution in [2.45, 2.75) is 83.0 Å². The molecule has 0 aliphatic heterocycles. The molecule has 1 amide bonds. The second-order valence-corrected chi connectivity index (χ2v) is 7.95. The van der Waals surface area contributed by atoms with Crippen molar-refractivity contribution in [2.24, 2.45) is 11.8 Å². The summed E-state index contributed by atoms with van der Waals surface area (Å²) in [6, 6.07) is 0. The SMILES string of the molecule is CCCCCC(O)C=CC1C(O)CC(O)C1CC=CCCCC(=O)N(C)C. The van der Waals surface area contributed by atoms with Gasteiger partial charge in [0.05, 0.1) is 18.3 Å². The van der Waals surface area contributed by atoms with Crippen LogP contribution in [0.5, 0.6) is 0 Å². The molecule has 1 aliphatic carbocycles. The topological polar surface area (TPSA) is 81.0 Å².